The van der Waals surface area contributed by atoms with Crippen molar-refractivity contribution < 1.29 is 12.8 Å². The van der Waals surface area contributed by atoms with Gasteiger partial charge in [0.15, 0.2) is 0 Å². The summed E-state index contributed by atoms with van der Waals surface area (Å²) in [5.41, 5.74) is 1.66. The molecule has 23 heavy (non-hydrogen) atoms. The average Bonchev–Trinajstić information content (AvgIpc) is 2.91. The molecule has 2 unspecified atom stereocenters. The molecule has 0 saturated carbocycles. The van der Waals surface area contributed by atoms with E-state index in [1.807, 2.05) is 6.92 Å². The van der Waals surface area contributed by atoms with Crippen LogP contribution in [0.15, 0.2) is 57.9 Å². The van der Waals surface area contributed by atoms with Crippen molar-refractivity contribution >= 4 is 26.0 Å². The van der Waals surface area contributed by atoms with Crippen molar-refractivity contribution in [2.45, 2.75) is 30.5 Å². The van der Waals surface area contributed by atoms with Gasteiger partial charge in [-0.3, -0.25) is 0 Å². The van der Waals surface area contributed by atoms with Crippen molar-refractivity contribution in [3.8, 4) is 0 Å². The van der Waals surface area contributed by atoms with Gasteiger partial charge in [0, 0.05) is 11.0 Å². The lowest BCUT2D eigenvalue weighted by Crippen LogP contribution is -2.32. The van der Waals surface area contributed by atoms with E-state index in [2.05, 4.69) is 15.9 Å². The van der Waals surface area contributed by atoms with E-state index in [1.165, 1.54) is 4.31 Å². The number of hydrogen-bond donors (Lipinski definition) is 0. The van der Waals surface area contributed by atoms with Crippen LogP contribution >= 0.6 is 15.9 Å². The third-order valence-corrected chi connectivity index (χ3v) is 6.54. The summed E-state index contributed by atoms with van der Waals surface area (Å²) in [5, 5.41) is 0. The first-order chi connectivity index (χ1) is 10.9. The van der Waals surface area contributed by atoms with E-state index < -0.39 is 22.2 Å². The Hall–Kier alpha value is -1.24. The van der Waals surface area contributed by atoms with Crippen LogP contribution in [0, 0.1) is 6.92 Å². The van der Waals surface area contributed by atoms with E-state index in [9.17, 15) is 12.8 Å². The van der Waals surface area contributed by atoms with Crippen LogP contribution in [0.1, 0.15) is 23.6 Å². The van der Waals surface area contributed by atoms with Crippen LogP contribution in [0.25, 0.3) is 0 Å². The van der Waals surface area contributed by atoms with Crippen molar-refractivity contribution in [1.29, 1.82) is 0 Å². The Morgan fingerprint density at radius 2 is 1.70 bits per heavy atom. The molecule has 2 aromatic rings. The Labute approximate surface area is 144 Å². The molecule has 0 amide bonds. The van der Waals surface area contributed by atoms with Crippen LogP contribution in [0.2, 0.25) is 0 Å². The number of hydrogen-bond acceptors (Lipinski definition) is 2. The molecule has 0 radical (unpaired) electrons. The molecule has 6 heteroatoms. The third-order valence-electron chi connectivity index (χ3n) is 4.12. The molecule has 0 aliphatic carbocycles. The minimum Gasteiger partial charge on any atom is -0.245 e. The van der Waals surface area contributed by atoms with E-state index in [0.717, 1.165) is 10.0 Å². The molecule has 122 valence electrons. The lowest BCUT2D eigenvalue weighted by Gasteiger charge is -2.25. The maximum absolute atomic E-state index is 14.4. The second-order valence-corrected chi connectivity index (χ2v) is 8.54. The van der Waals surface area contributed by atoms with Gasteiger partial charge in [0.25, 0.3) is 0 Å². The van der Waals surface area contributed by atoms with E-state index in [-0.39, 0.29) is 17.9 Å². The number of sulfonamides is 1. The fraction of sp³-hybridized carbons (Fsp3) is 0.294. The summed E-state index contributed by atoms with van der Waals surface area (Å²) < 4.78 is 42.4. The molecule has 1 fully saturated rings. The zero-order chi connectivity index (χ0) is 16.6. The first kappa shape index (κ1) is 16.6. The van der Waals surface area contributed by atoms with Gasteiger partial charge in [-0.25, -0.2) is 12.8 Å². The van der Waals surface area contributed by atoms with Crippen molar-refractivity contribution in [2.75, 3.05) is 6.54 Å². The quantitative estimate of drug-likeness (QED) is 0.776. The van der Waals surface area contributed by atoms with Gasteiger partial charge in [-0.05, 0) is 43.2 Å². The van der Waals surface area contributed by atoms with Gasteiger partial charge in [0.2, 0.25) is 10.0 Å². The number of aryl methyl sites for hydroxylation is 1. The topological polar surface area (TPSA) is 37.4 Å². The highest BCUT2D eigenvalue weighted by molar-refractivity contribution is 9.10. The Kier molecular flexibility index (Phi) is 4.58. The fourth-order valence-corrected chi connectivity index (χ4v) is 4.79. The van der Waals surface area contributed by atoms with Crippen molar-refractivity contribution in [1.82, 2.24) is 4.31 Å². The lowest BCUT2D eigenvalue weighted by atomic mass is 10.0. The molecule has 2 atom stereocenters. The Morgan fingerprint density at radius 1 is 1.09 bits per heavy atom. The average molecular weight is 398 g/mol. The molecule has 0 aromatic heterocycles. The standard InChI is InChI=1S/C17H17BrFNO2S/c1-12-2-8-15(9-3-12)23(21,22)20-11-10-16(19)17(20)13-4-6-14(18)7-5-13/h2-9,16-17H,10-11H2,1H3. The summed E-state index contributed by atoms with van der Waals surface area (Å²) in [6.45, 7) is 2.09. The Balaban J connectivity index is 2.00. The second-order valence-electron chi connectivity index (χ2n) is 5.73. The summed E-state index contributed by atoms with van der Waals surface area (Å²) >= 11 is 3.34. The summed E-state index contributed by atoms with van der Waals surface area (Å²) in [6.07, 6.45) is -0.984. The maximum atomic E-state index is 14.4. The zero-order valence-electron chi connectivity index (χ0n) is 12.6. The van der Waals surface area contributed by atoms with Crippen molar-refractivity contribution in [3.05, 3.63) is 64.1 Å². The fourth-order valence-electron chi connectivity index (χ4n) is 2.88. The number of rotatable bonds is 3. The molecule has 0 bridgehead atoms. The van der Waals surface area contributed by atoms with Gasteiger partial charge in [-0.15, -0.1) is 0 Å². The predicted octanol–water partition coefficient (Wildman–Crippen LogP) is 4.23. The largest absolute Gasteiger partial charge is 0.245 e. The number of halogens is 2. The molecule has 3 nitrogen and oxygen atoms in total. The normalized spacial score (nSPS) is 22.4. The van der Waals surface area contributed by atoms with Gasteiger partial charge in [-0.2, -0.15) is 4.31 Å². The molecular weight excluding hydrogens is 381 g/mol. The van der Waals surface area contributed by atoms with Gasteiger partial charge in [-0.1, -0.05) is 45.8 Å². The van der Waals surface area contributed by atoms with E-state index in [4.69, 9.17) is 0 Å². The molecule has 1 aliphatic heterocycles. The number of benzene rings is 2. The molecule has 1 aliphatic rings. The first-order valence-corrected chi connectivity index (χ1v) is 9.61. The number of nitrogens with zero attached hydrogens (tertiary/aromatic N) is 1. The van der Waals surface area contributed by atoms with Crippen LogP contribution in [0.3, 0.4) is 0 Å². The van der Waals surface area contributed by atoms with E-state index in [0.29, 0.717) is 5.56 Å². The molecule has 1 saturated heterocycles. The molecule has 0 N–H and O–H groups in total. The van der Waals surface area contributed by atoms with Gasteiger partial charge < -0.3 is 0 Å². The smallest absolute Gasteiger partial charge is 0.243 e. The lowest BCUT2D eigenvalue weighted by molar-refractivity contribution is 0.262. The van der Waals surface area contributed by atoms with Crippen molar-refractivity contribution in [3.63, 3.8) is 0 Å². The van der Waals surface area contributed by atoms with Gasteiger partial charge >= 0.3 is 0 Å². The molecule has 2 aromatic carbocycles. The SMILES string of the molecule is Cc1ccc(S(=O)(=O)N2CCC(F)C2c2ccc(Br)cc2)cc1. The summed E-state index contributed by atoms with van der Waals surface area (Å²) in [6, 6.07) is 13.0. The van der Waals surface area contributed by atoms with Gasteiger partial charge in [0.1, 0.15) is 6.17 Å². The highest BCUT2D eigenvalue weighted by Gasteiger charge is 2.42. The Bertz CT molecular complexity index is 790. The summed E-state index contributed by atoms with van der Waals surface area (Å²) in [5.74, 6) is 0. The minimum atomic E-state index is -3.71. The maximum Gasteiger partial charge on any atom is 0.243 e. The van der Waals surface area contributed by atoms with Gasteiger partial charge in [0.05, 0.1) is 10.9 Å². The predicted molar refractivity (Wildman–Crippen MR) is 91.5 cm³/mol. The minimum absolute atomic E-state index is 0.193. The van der Waals surface area contributed by atoms with E-state index in [1.54, 1.807) is 48.5 Å². The first-order valence-electron chi connectivity index (χ1n) is 7.37. The highest BCUT2D eigenvalue weighted by atomic mass is 79.9. The third kappa shape index (κ3) is 3.20. The molecular formula is C17H17BrFNO2S. The van der Waals surface area contributed by atoms with Crippen LogP contribution in [-0.2, 0) is 10.0 Å². The summed E-state index contributed by atoms with van der Waals surface area (Å²) in [4.78, 5) is 0.208. The summed E-state index contributed by atoms with van der Waals surface area (Å²) in [7, 11) is -3.71. The van der Waals surface area contributed by atoms with E-state index >= 15 is 0 Å². The van der Waals surface area contributed by atoms with Crippen LogP contribution in [0.5, 0.6) is 0 Å². The second kappa shape index (κ2) is 6.34. The molecule has 0 spiro atoms. The zero-order valence-corrected chi connectivity index (χ0v) is 15.0. The van der Waals surface area contributed by atoms with Crippen LogP contribution in [-0.4, -0.2) is 25.4 Å². The molecule has 3 rings (SSSR count). The monoisotopic (exact) mass is 397 g/mol. The molecule has 1 heterocycles. The van der Waals surface area contributed by atoms with Crippen molar-refractivity contribution in [2.24, 2.45) is 0 Å². The highest BCUT2D eigenvalue weighted by Crippen LogP contribution is 2.38. The Morgan fingerprint density at radius 3 is 2.30 bits per heavy atom. The van der Waals surface area contributed by atoms with Crippen LogP contribution < -0.4 is 0 Å². The number of alkyl halides is 1. The van der Waals surface area contributed by atoms with Crippen LogP contribution in [0.4, 0.5) is 4.39 Å².